The van der Waals surface area contributed by atoms with Gasteiger partial charge in [0.15, 0.2) is 0 Å². The minimum Gasteiger partial charge on any atom is -0.329 e. The Morgan fingerprint density at radius 1 is 1.12 bits per heavy atom. The summed E-state index contributed by atoms with van der Waals surface area (Å²) in [5.41, 5.74) is 6.19. The van der Waals surface area contributed by atoms with Crippen LogP contribution in [0.3, 0.4) is 0 Å². The van der Waals surface area contributed by atoms with E-state index in [0.29, 0.717) is 11.5 Å². The average Bonchev–Trinajstić information content (AvgIpc) is 2.27. The molecule has 3 nitrogen and oxygen atoms in total. The SMILES string of the molecule is CC(CN)N1CCN(CCCC(C)(C)C)CC1. The molecule has 1 unspecified atom stereocenters. The van der Waals surface area contributed by atoms with Crippen molar-refractivity contribution in [2.24, 2.45) is 11.1 Å². The van der Waals surface area contributed by atoms with E-state index in [2.05, 4.69) is 37.5 Å². The van der Waals surface area contributed by atoms with Crippen molar-refractivity contribution in [2.75, 3.05) is 39.3 Å². The largest absolute Gasteiger partial charge is 0.329 e. The molecule has 0 amide bonds. The highest BCUT2D eigenvalue weighted by atomic mass is 15.3. The summed E-state index contributed by atoms with van der Waals surface area (Å²) in [5, 5.41) is 0. The quantitative estimate of drug-likeness (QED) is 0.796. The standard InChI is InChI=1S/C14H31N3/c1-13(12-15)17-10-8-16(9-11-17)7-5-6-14(2,3)4/h13H,5-12,15H2,1-4H3. The molecule has 0 aromatic carbocycles. The van der Waals surface area contributed by atoms with E-state index in [0.717, 1.165) is 6.54 Å². The summed E-state index contributed by atoms with van der Waals surface area (Å²) in [7, 11) is 0. The molecule has 1 aliphatic rings. The van der Waals surface area contributed by atoms with Gasteiger partial charge < -0.3 is 10.6 Å². The van der Waals surface area contributed by atoms with Crippen LogP contribution in [0.15, 0.2) is 0 Å². The van der Waals surface area contributed by atoms with Crippen molar-refractivity contribution in [3.63, 3.8) is 0 Å². The Morgan fingerprint density at radius 2 is 1.71 bits per heavy atom. The summed E-state index contributed by atoms with van der Waals surface area (Å²) in [4.78, 5) is 5.12. The molecule has 1 fully saturated rings. The van der Waals surface area contributed by atoms with Gasteiger partial charge in [-0.2, -0.15) is 0 Å². The van der Waals surface area contributed by atoms with Crippen LogP contribution in [0.25, 0.3) is 0 Å². The van der Waals surface area contributed by atoms with E-state index in [1.54, 1.807) is 0 Å². The molecule has 3 heteroatoms. The van der Waals surface area contributed by atoms with Crippen LogP contribution < -0.4 is 5.73 Å². The lowest BCUT2D eigenvalue weighted by Crippen LogP contribution is -2.51. The second-order valence-electron chi connectivity index (χ2n) is 6.63. The Bertz CT molecular complexity index is 202. The van der Waals surface area contributed by atoms with Crippen molar-refractivity contribution in [1.82, 2.24) is 9.80 Å². The lowest BCUT2D eigenvalue weighted by atomic mass is 9.90. The van der Waals surface area contributed by atoms with Crippen molar-refractivity contribution in [3.8, 4) is 0 Å². The van der Waals surface area contributed by atoms with Gasteiger partial charge in [0.05, 0.1) is 0 Å². The zero-order valence-corrected chi connectivity index (χ0v) is 12.2. The maximum Gasteiger partial charge on any atom is 0.0191 e. The van der Waals surface area contributed by atoms with Crippen LogP contribution in [-0.4, -0.2) is 55.1 Å². The molecule has 1 saturated heterocycles. The Hall–Kier alpha value is -0.120. The van der Waals surface area contributed by atoms with Gasteiger partial charge in [0.25, 0.3) is 0 Å². The third-order valence-corrected chi connectivity index (χ3v) is 3.77. The fourth-order valence-electron chi connectivity index (χ4n) is 2.41. The van der Waals surface area contributed by atoms with Crippen molar-refractivity contribution in [1.29, 1.82) is 0 Å². The summed E-state index contributed by atoms with van der Waals surface area (Å²) >= 11 is 0. The fraction of sp³-hybridized carbons (Fsp3) is 1.00. The average molecular weight is 241 g/mol. The second kappa shape index (κ2) is 6.72. The summed E-state index contributed by atoms with van der Waals surface area (Å²) in [6, 6.07) is 0.548. The zero-order valence-electron chi connectivity index (χ0n) is 12.2. The normalized spacial score (nSPS) is 21.7. The van der Waals surface area contributed by atoms with E-state index in [9.17, 15) is 0 Å². The predicted octanol–water partition coefficient (Wildman–Crippen LogP) is 1.78. The molecular weight excluding hydrogens is 210 g/mol. The van der Waals surface area contributed by atoms with Crippen molar-refractivity contribution in [3.05, 3.63) is 0 Å². The first kappa shape index (κ1) is 14.9. The molecule has 0 saturated carbocycles. The van der Waals surface area contributed by atoms with Crippen LogP contribution in [-0.2, 0) is 0 Å². The van der Waals surface area contributed by atoms with E-state index >= 15 is 0 Å². The first-order valence-electron chi connectivity index (χ1n) is 7.09. The molecule has 1 aliphatic heterocycles. The van der Waals surface area contributed by atoms with Crippen LogP contribution in [0.4, 0.5) is 0 Å². The lowest BCUT2D eigenvalue weighted by molar-refractivity contribution is 0.102. The maximum absolute atomic E-state index is 5.71. The van der Waals surface area contributed by atoms with Gasteiger partial charge >= 0.3 is 0 Å². The van der Waals surface area contributed by atoms with E-state index in [4.69, 9.17) is 5.73 Å². The zero-order chi connectivity index (χ0) is 12.9. The number of rotatable bonds is 5. The van der Waals surface area contributed by atoms with Gasteiger partial charge in [0.2, 0.25) is 0 Å². The highest BCUT2D eigenvalue weighted by Crippen LogP contribution is 2.20. The molecule has 0 spiro atoms. The molecule has 17 heavy (non-hydrogen) atoms. The van der Waals surface area contributed by atoms with Gasteiger partial charge in [-0.25, -0.2) is 0 Å². The third-order valence-electron chi connectivity index (χ3n) is 3.77. The monoisotopic (exact) mass is 241 g/mol. The highest BCUT2D eigenvalue weighted by molar-refractivity contribution is 4.77. The maximum atomic E-state index is 5.71. The molecule has 0 aromatic heterocycles. The van der Waals surface area contributed by atoms with Gasteiger partial charge in [0, 0.05) is 38.8 Å². The Kier molecular flexibility index (Phi) is 5.90. The molecule has 0 aromatic rings. The Labute approximate surface area is 107 Å². The number of hydrogen-bond donors (Lipinski definition) is 1. The molecule has 1 rings (SSSR count). The van der Waals surface area contributed by atoms with Crippen LogP contribution in [0.2, 0.25) is 0 Å². The minimum atomic E-state index is 0.482. The minimum absolute atomic E-state index is 0.482. The summed E-state index contributed by atoms with van der Waals surface area (Å²) in [6.45, 7) is 16.1. The van der Waals surface area contributed by atoms with Crippen molar-refractivity contribution in [2.45, 2.75) is 46.6 Å². The summed E-state index contributed by atoms with van der Waals surface area (Å²) in [6.07, 6.45) is 2.66. The molecule has 1 heterocycles. The molecule has 2 N–H and O–H groups in total. The molecule has 102 valence electrons. The van der Waals surface area contributed by atoms with Crippen molar-refractivity contribution >= 4 is 0 Å². The second-order valence-corrected chi connectivity index (χ2v) is 6.63. The molecule has 1 atom stereocenters. The molecule has 0 radical (unpaired) electrons. The van der Waals surface area contributed by atoms with Crippen molar-refractivity contribution < 1.29 is 0 Å². The highest BCUT2D eigenvalue weighted by Gasteiger charge is 2.20. The summed E-state index contributed by atoms with van der Waals surface area (Å²) in [5.74, 6) is 0. The number of hydrogen-bond acceptors (Lipinski definition) is 3. The number of nitrogens with two attached hydrogens (primary N) is 1. The molecule has 0 bridgehead atoms. The molecular formula is C14H31N3. The Morgan fingerprint density at radius 3 is 2.18 bits per heavy atom. The van der Waals surface area contributed by atoms with Gasteiger partial charge in [-0.15, -0.1) is 0 Å². The van der Waals surface area contributed by atoms with E-state index in [1.807, 2.05) is 0 Å². The number of piperazine rings is 1. The van der Waals surface area contributed by atoms with Gasteiger partial charge in [-0.05, 0) is 31.7 Å². The lowest BCUT2D eigenvalue weighted by Gasteiger charge is -2.38. The van der Waals surface area contributed by atoms with Crippen LogP contribution in [0.1, 0.15) is 40.5 Å². The van der Waals surface area contributed by atoms with E-state index < -0.39 is 0 Å². The first-order chi connectivity index (χ1) is 7.92. The van der Waals surface area contributed by atoms with Gasteiger partial charge in [0.1, 0.15) is 0 Å². The van der Waals surface area contributed by atoms with Crippen LogP contribution in [0.5, 0.6) is 0 Å². The Balaban J connectivity index is 2.15. The van der Waals surface area contributed by atoms with Crippen LogP contribution >= 0.6 is 0 Å². The smallest absolute Gasteiger partial charge is 0.0191 e. The first-order valence-corrected chi connectivity index (χ1v) is 7.09. The van der Waals surface area contributed by atoms with Gasteiger partial charge in [-0.1, -0.05) is 20.8 Å². The number of nitrogens with zero attached hydrogens (tertiary/aromatic N) is 2. The predicted molar refractivity (Wildman–Crippen MR) is 75.2 cm³/mol. The topological polar surface area (TPSA) is 32.5 Å². The van der Waals surface area contributed by atoms with Crippen LogP contribution in [0, 0.1) is 5.41 Å². The molecule has 0 aliphatic carbocycles. The fourth-order valence-corrected chi connectivity index (χ4v) is 2.41. The van der Waals surface area contributed by atoms with E-state index in [1.165, 1.54) is 45.6 Å². The third kappa shape index (κ3) is 5.84. The summed E-state index contributed by atoms with van der Waals surface area (Å²) < 4.78 is 0. The van der Waals surface area contributed by atoms with E-state index in [-0.39, 0.29) is 0 Å². The van der Waals surface area contributed by atoms with Gasteiger partial charge in [-0.3, -0.25) is 4.90 Å².